The van der Waals surface area contributed by atoms with Crippen molar-refractivity contribution in [3.63, 3.8) is 0 Å². The topological polar surface area (TPSA) is 55.3 Å². The molecule has 2 atom stereocenters. The van der Waals surface area contributed by atoms with Crippen LogP contribution < -0.4 is 4.74 Å². The second-order valence-electron chi connectivity index (χ2n) is 9.48. The molecule has 2 aromatic carbocycles. The van der Waals surface area contributed by atoms with Crippen LogP contribution in [0.5, 0.6) is 5.88 Å². The molecule has 2 aliphatic heterocycles. The lowest BCUT2D eigenvalue weighted by atomic mass is 9.64. The zero-order chi connectivity index (χ0) is 23.2. The molecule has 172 valence electrons. The Balaban J connectivity index is 1.29. The van der Waals surface area contributed by atoms with E-state index in [-0.39, 0.29) is 18.0 Å². The molecule has 0 radical (unpaired) electrons. The Morgan fingerprint density at radius 3 is 2.62 bits per heavy atom. The van der Waals surface area contributed by atoms with Gasteiger partial charge in [0.25, 0.3) is 5.91 Å². The Morgan fingerprint density at radius 2 is 1.82 bits per heavy atom. The highest BCUT2D eigenvalue weighted by Crippen LogP contribution is 2.47. The molecule has 34 heavy (non-hydrogen) atoms. The first kappa shape index (κ1) is 21.3. The predicted molar refractivity (Wildman–Crippen MR) is 135 cm³/mol. The first-order chi connectivity index (χ1) is 16.6. The number of nitrogens with zero attached hydrogens (tertiary/aromatic N) is 3. The van der Waals surface area contributed by atoms with Gasteiger partial charge in [0.2, 0.25) is 5.88 Å². The van der Waals surface area contributed by atoms with Crippen molar-refractivity contribution >= 4 is 28.0 Å². The smallest absolute Gasteiger partial charge is 0.274 e. The van der Waals surface area contributed by atoms with Gasteiger partial charge in [0.05, 0.1) is 15.9 Å². The Bertz CT molecular complexity index is 1350. The Kier molecular flexibility index (Phi) is 5.33. The number of rotatable bonds is 5. The molecule has 4 heterocycles. The van der Waals surface area contributed by atoms with Gasteiger partial charge in [-0.1, -0.05) is 61.5 Å². The third kappa shape index (κ3) is 3.66. The molecule has 5 nitrogen and oxygen atoms in total. The van der Waals surface area contributed by atoms with Crippen LogP contribution in [0.25, 0.3) is 21.2 Å². The summed E-state index contributed by atoms with van der Waals surface area (Å²) in [5.74, 6) is 1.65. The van der Waals surface area contributed by atoms with Gasteiger partial charge < -0.3 is 9.64 Å². The highest BCUT2D eigenvalue weighted by atomic mass is 32.1. The molecule has 1 saturated carbocycles. The first-order valence-corrected chi connectivity index (χ1v) is 12.7. The minimum absolute atomic E-state index is 0.00361. The first-order valence-electron chi connectivity index (χ1n) is 11.9. The lowest BCUT2D eigenvalue weighted by molar-refractivity contribution is -0.0676. The number of benzene rings is 2. The number of carbonyl (C=O) groups excluding carboxylic acids is 1. The minimum Gasteiger partial charge on any atom is -0.475 e. The minimum atomic E-state index is 0.00361. The number of amides is 1. The van der Waals surface area contributed by atoms with Crippen LogP contribution in [0.1, 0.15) is 35.3 Å². The van der Waals surface area contributed by atoms with Gasteiger partial charge in [0.1, 0.15) is 12.3 Å². The number of aryl methyl sites for hydroxylation is 1. The van der Waals surface area contributed by atoms with Gasteiger partial charge in [-0.05, 0) is 42.6 Å². The molecule has 0 spiro atoms. The van der Waals surface area contributed by atoms with Gasteiger partial charge in [0.15, 0.2) is 0 Å². The van der Waals surface area contributed by atoms with E-state index in [1.807, 2.05) is 67.7 Å². The summed E-state index contributed by atoms with van der Waals surface area (Å²) in [7, 11) is 0. The highest BCUT2D eigenvalue weighted by Gasteiger charge is 2.51. The number of carbonyl (C=O) groups is 1. The van der Waals surface area contributed by atoms with Crippen molar-refractivity contribution in [1.29, 1.82) is 0 Å². The monoisotopic (exact) mass is 469 g/mol. The molecule has 0 N–H and O–H groups in total. The second kappa shape index (κ2) is 8.51. The second-order valence-corrected chi connectivity index (χ2v) is 10.7. The van der Waals surface area contributed by atoms with Crippen LogP contribution >= 0.6 is 11.3 Å². The van der Waals surface area contributed by atoms with Crippen LogP contribution in [0, 0.1) is 18.8 Å². The van der Waals surface area contributed by atoms with Crippen LogP contribution in [0.3, 0.4) is 0 Å². The average molecular weight is 470 g/mol. The van der Waals surface area contributed by atoms with Gasteiger partial charge in [-0.25, -0.2) is 9.97 Å². The third-order valence-corrected chi connectivity index (χ3v) is 8.49. The number of piperidine rings is 2. The van der Waals surface area contributed by atoms with E-state index in [1.54, 1.807) is 11.3 Å². The largest absolute Gasteiger partial charge is 0.475 e. The summed E-state index contributed by atoms with van der Waals surface area (Å²) < 4.78 is 6.21. The molecule has 2 bridgehead atoms. The zero-order valence-electron chi connectivity index (χ0n) is 19.3. The number of hydrogen-bond acceptors (Lipinski definition) is 5. The van der Waals surface area contributed by atoms with E-state index in [0.29, 0.717) is 30.0 Å². The van der Waals surface area contributed by atoms with Crippen molar-refractivity contribution < 1.29 is 9.53 Å². The lowest BCUT2D eigenvalue weighted by Gasteiger charge is -2.56. The van der Waals surface area contributed by atoms with Crippen LogP contribution in [-0.2, 0) is 0 Å². The van der Waals surface area contributed by atoms with E-state index in [9.17, 15) is 4.79 Å². The highest BCUT2D eigenvalue weighted by molar-refractivity contribution is 7.15. The van der Waals surface area contributed by atoms with Crippen molar-refractivity contribution in [2.75, 3.05) is 6.61 Å². The standard InChI is InChI=1S/C28H27N3O2S/c1-17-22-12-23(13-22)31(24(17)16-33-25-14-20-10-6-7-11-21(20)15-29-25)28(32)26-27(34-18(2)30-26)19-8-4-3-5-9-19/h3-11,14-15,17,22-24H,12-13,16H2,1-2H3/t17-,22?,23?,24-/m0/s1. The summed E-state index contributed by atoms with van der Waals surface area (Å²) in [6.45, 7) is 4.67. The molecule has 1 aliphatic carbocycles. The summed E-state index contributed by atoms with van der Waals surface area (Å²) in [5.41, 5.74) is 1.61. The fraction of sp³-hybridized carbons (Fsp3) is 0.321. The Morgan fingerprint density at radius 1 is 1.09 bits per heavy atom. The van der Waals surface area contributed by atoms with E-state index in [4.69, 9.17) is 9.72 Å². The maximum absolute atomic E-state index is 14.0. The van der Waals surface area contributed by atoms with Crippen molar-refractivity contribution in [2.45, 2.75) is 38.8 Å². The summed E-state index contributed by atoms with van der Waals surface area (Å²) in [5, 5.41) is 3.10. The lowest BCUT2D eigenvalue weighted by Crippen LogP contribution is -2.64. The molecule has 2 aromatic heterocycles. The fourth-order valence-electron chi connectivity index (χ4n) is 5.47. The summed E-state index contributed by atoms with van der Waals surface area (Å²) in [6.07, 6.45) is 3.99. The van der Waals surface area contributed by atoms with Crippen LogP contribution in [-0.4, -0.2) is 39.5 Å². The number of fused-ring (bicyclic) bond motifs is 3. The molecule has 2 saturated heterocycles. The number of ether oxygens (including phenoxy) is 1. The number of hydrogen-bond donors (Lipinski definition) is 0. The van der Waals surface area contributed by atoms with Crippen LogP contribution in [0.4, 0.5) is 0 Å². The van der Waals surface area contributed by atoms with Crippen LogP contribution in [0.2, 0.25) is 0 Å². The summed E-state index contributed by atoms with van der Waals surface area (Å²) in [4.78, 5) is 26.2. The molecule has 3 aliphatic rings. The summed E-state index contributed by atoms with van der Waals surface area (Å²) >= 11 is 1.59. The predicted octanol–water partition coefficient (Wildman–Crippen LogP) is 5.98. The Labute approximate surface area is 203 Å². The van der Waals surface area contributed by atoms with Gasteiger partial charge in [-0.3, -0.25) is 4.79 Å². The molecule has 4 aromatic rings. The molecule has 6 heteroatoms. The van der Waals surface area contributed by atoms with E-state index < -0.39 is 0 Å². The quantitative estimate of drug-likeness (QED) is 0.361. The van der Waals surface area contributed by atoms with Gasteiger partial charge in [-0.15, -0.1) is 11.3 Å². The van der Waals surface area contributed by atoms with Gasteiger partial charge in [0, 0.05) is 23.7 Å². The van der Waals surface area contributed by atoms with E-state index in [0.717, 1.165) is 39.1 Å². The van der Waals surface area contributed by atoms with Crippen molar-refractivity contribution in [3.8, 4) is 16.3 Å². The Hall–Kier alpha value is -3.25. The number of thiazole rings is 1. The molecule has 1 amide bonds. The van der Waals surface area contributed by atoms with E-state index in [1.165, 1.54) is 0 Å². The van der Waals surface area contributed by atoms with E-state index in [2.05, 4.69) is 22.9 Å². The van der Waals surface area contributed by atoms with Crippen molar-refractivity contribution in [2.24, 2.45) is 11.8 Å². The SMILES string of the molecule is Cc1nc(C(=O)N2C3CC(C3)[C@H](C)[C@@H]2COc2cc3ccccc3cn2)c(-c2ccccc2)s1. The van der Waals surface area contributed by atoms with Crippen LogP contribution in [0.15, 0.2) is 66.9 Å². The number of aromatic nitrogens is 2. The maximum Gasteiger partial charge on any atom is 0.274 e. The molecular weight excluding hydrogens is 442 g/mol. The zero-order valence-corrected chi connectivity index (χ0v) is 20.2. The average Bonchev–Trinajstić information content (AvgIpc) is 3.23. The molecule has 3 fully saturated rings. The van der Waals surface area contributed by atoms with Gasteiger partial charge >= 0.3 is 0 Å². The third-order valence-electron chi connectivity index (χ3n) is 7.47. The van der Waals surface area contributed by atoms with E-state index >= 15 is 0 Å². The van der Waals surface area contributed by atoms with Gasteiger partial charge in [-0.2, -0.15) is 0 Å². The molecule has 7 rings (SSSR count). The molecular formula is C28H27N3O2S. The normalized spacial score (nSPS) is 23.5. The maximum atomic E-state index is 14.0. The molecule has 0 unspecified atom stereocenters. The summed E-state index contributed by atoms with van der Waals surface area (Å²) in [6, 6.07) is 20.5. The van der Waals surface area contributed by atoms with Crippen molar-refractivity contribution in [3.05, 3.63) is 77.6 Å². The van der Waals surface area contributed by atoms with Crippen molar-refractivity contribution in [1.82, 2.24) is 14.9 Å². The number of pyridine rings is 1. The fourth-order valence-corrected chi connectivity index (χ4v) is 6.38.